The van der Waals surface area contributed by atoms with Crippen molar-refractivity contribution in [2.24, 2.45) is 0 Å². The molecular formula is C17H27NO2. The third-order valence-corrected chi connectivity index (χ3v) is 4.10. The SMILES string of the molecule is COc1c(O)cc(C(C)(C)C)cc1CC1CCCCN1. The Morgan fingerprint density at radius 3 is 2.60 bits per heavy atom. The minimum atomic E-state index is 0.0263. The average molecular weight is 277 g/mol. The summed E-state index contributed by atoms with van der Waals surface area (Å²) in [5.74, 6) is 0.885. The van der Waals surface area contributed by atoms with Crippen molar-refractivity contribution in [1.29, 1.82) is 0 Å². The van der Waals surface area contributed by atoms with Crippen molar-refractivity contribution in [2.45, 2.75) is 57.9 Å². The molecule has 2 rings (SSSR count). The zero-order valence-electron chi connectivity index (χ0n) is 13.1. The van der Waals surface area contributed by atoms with Crippen molar-refractivity contribution in [3.05, 3.63) is 23.3 Å². The second kappa shape index (κ2) is 6.04. The molecule has 1 fully saturated rings. The van der Waals surface area contributed by atoms with Crippen LogP contribution in [0, 0.1) is 0 Å². The van der Waals surface area contributed by atoms with Gasteiger partial charge in [0, 0.05) is 6.04 Å². The average Bonchev–Trinajstić information content (AvgIpc) is 2.38. The molecule has 1 aliphatic heterocycles. The van der Waals surface area contributed by atoms with Crippen LogP contribution in [0.2, 0.25) is 0 Å². The second-order valence-electron chi connectivity index (χ2n) is 6.79. The van der Waals surface area contributed by atoms with E-state index in [4.69, 9.17) is 4.74 Å². The van der Waals surface area contributed by atoms with Gasteiger partial charge in [-0.15, -0.1) is 0 Å². The summed E-state index contributed by atoms with van der Waals surface area (Å²) in [6, 6.07) is 4.51. The molecule has 0 bridgehead atoms. The molecule has 1 aliphatic rings. The number of nitrogens with one attached hydrogen (secondary N) is 1. The summed E-state index contributed by atoms with van der Waals surface area (Å²) >= 11 is 0. The highest BCUT2D eigenvalue weighted by Crippen LogP contribution is 2.37. The number of hydrogen-bond donors (Lipinski definition) is 2. The van der Waals surface area contributed by atoms with Crippen LogP contribution in [0.25, 0.3) is 0 Å². The van der Waals surface area contributed by atoms with Gasteiger partial charge in [-0.3, -0.25) is 0 Å². The molecule has 1 aromatic rings. The Morgan fingerprint density at radius 2 is 2.05 bits per heavy atom. The lowest BCUT2D eigenvalue weighted by atomic mass is 9.84. The van der Waals surface area contributed by atoms with Crippen LogP contribution in [0.5, 0.6) is 11.5 Å². The van der Waals surface area contributed by atoms with Gasteiger partial charge >= 0.3 is 0 Å². The summed E-state index contributed by atoms with van der Waals surface area (Å²) in [5, 5.41) is 13.8. The van der Waals surface area contributed by atoms with Crippen molar-refractivity contribution in [1.82, 2.24) is 5.32 Å². The minimum Gasteiger partial charge on any atom is -0.504 e. The summed E-state index contributed by atoms with van der Waals surface area (Å²) in [6.45, 7) is 7.59. The van der Waals surface area contributed by atoms with E-state index in [1.165, 1.54) is 19.3 Å². The molecule has 0 radical (unpaired) electrons. The van der Waals surface area contributed by atoms with Crippen LogP contribution in [-0.2, 0) is 11.8 Å². The number of rotatable bonds is 3. The summed E-state index contributed by atoms with van der Waals surface area (Å²) in [7, 11) is 1.63. The number of piperidine rings is 1. The summed E-state index contributed by atoms with van der Waals surface area (Å²) < 4.78 is 5.41. The van der Waals surface area contributed by atoms with E-state index >= 15 is 0 Å². The molecule has 1 saturated heterocycles. The molecule has 1 unspecified atom stereocenters. The molecule has 3 heteroatoms. The van der Waals surface area contributed by atoms with Crippen molar-refractivity contribution in [2.75, 3.05) is 13.7 Å². The predicted molar refractivity (Wildman–Crippen MR) is 82.7 cm³/mol. The summed E-state index contributed by atoms with van der Waals surface area (Å²) in [6.07, 6.45) is 4.66. The highest BCUT2D eigenvalue weighted by molar-refractivity contribution is 5.50. The first-order chi connectivity index (χ1) is 9.41. The van der Waals surface area contributed by atoms with E-state index in [9.17, 15) is 5.11 Å². The van der Waals surface area contributed by atoms with Gasteiger partial charge in [0.15, 0.2) is 11.5 Å². The highest BCUT2D eigenvalue weighted by atomic mass is 16.5. The van der Waals surface area contributed by atoms with Gasteiger partial charge in [0.2, 0.25) is 0 Å². The number of ether oxygens (including phenoxy) is 1. The number of phenolic OH excluding ortho intramolecular Hbond substituents is 1. The Bertz CT molecular complexity index is 457. The van der Waals surface area contributed by atoms with Crippen LogP contribution >= 0.6 is 0 Å². The van der Waals surface area contributed by atoms with Gasteiger partial charge in [-0.25, -0.2) is 0 Å². The Balaban J connectivity index is 2.30. The lowest BCUT2D eigenvalue weighted by Gasteiger charge is -2.26. The third-order valence-electron chi connectivity index (χ3n) is 4.10. The van der Waals surface area contributed by atoms with E-state index in [2.05, 4.69) is 32.2 Å². The topological polar surface area (TPSA) is 41.5 Å². The van der Waals surface area contributed by atoms with E-state index in [0.717, 1.165) is 24.1 Å². The van der Waals surface area contributed by atoms with E-state index in [1.54, 1.807) is 7.11 Å². The zero-order chi connectivity index (χ0) is 14.8. The Labute approximate surface area is 122 Å². The van der Waals surface area contributed by atoms with Gasteiger partial charge in [0.05, 0.1) is 7.11 Å². The molecule has 1 aromatic carbocycles. The number of benzene rings is 1. The Kier molecular flexibility index (Phi) is 4.59. The van der Waals surface area contributed by atoms with Gasteiger partial charge in [-0.1, -0.05) is 33.3 Å². The monoisotopic (exact) mass is 277 g/mol. The molecule has 0 amide bonds. The lowest BCUT2D eigenvalue weighted by Crippen LogP contribution is -2.35. The molecule has 0 aromatic heterocycles. The van der Waals surface area contributed by atoms with Crippen molar-refractivity contribution in [3.8, 4) is 11.5 Å². The fourth-order valence-corrected chi connectivity index (χ4v) is 2.86. The smallest absolute Gasteiger partial charge is 0.163 e. The largest absolute Gasteiger partial charge is 0.504 e. The lowest BCUT2D eigenvalue weighted by molar-refractivity contribution is 0.357. The molecule has 2 N–H and O–H groups in total. The first kappa shape index (κ1) is 15.2. The molecule has 1 atom stereocenters. The van der Waals surface area contributed by atoms with Crippen molar-refractivity contribution >= 4 is 0 Å². The van der Waals surface area contributed by atoms with Crippen LogP contribution < -0.4 is 10.1 Å². The molecule has 112 valence electrons. The summed E-state index contributed by atoms with van der Waals surface area (Å²) in [4.78, 5) is 0. The number of phenols is 1. The maximum Gasteiger partial charge on any atom is 0.163 e. The molecule has 0 spiro atoms. The molecule has 20 heavy (non-hydrogen) atoms. The zero-order valence-corrected chi connectivity index (χ0v) is 13.1. The Hall–Kier alpha value is -1.22. The fourth-order valence-electron chi connectivity index (χ4n) is 2.86. The Morgan fingerprint density at radius 1 is 1.30 bits per heavy atom. The first-order valence-electron chi connectivity index (χ1n) is 7.55. The van der Waals surface area contributed by atoms with Crippen LogP contribution in [0.3, 0.4) is 0 Å². The van der Waals surface area contributed by atoms with Crippen molar-refractivity contribution < 1.29 is 9.84 Å². The van der Waals surface area contributed by atoms with Gasteiger partial charge in [-0.2, -0.15) is 0 Å². The second-order valence-corrected chi connectivity index (χ2v) is 6.79. The van der Waals surface area contributed by atoms with Crippen LogP contribution in [0.15, 0.2) is 12.1 Å². The molecule has 3 nitrogen and oxygen atoms in total. The maximum atomic E-state index is 10.2. The molecule has 0 saturated carbocycles. The van der Waals surface area contributed by atoms with Crippen LogP contribution in [-0.4, -0.2) is 24.8 Å². The molecular weight excluding hydrogens is 250 g/mol. The first-order valence-corrected chi connectivity index (χ1v) is 7.55. The summed E-state index contributed by atoms with van der Waals surface area (Å²) in [5.41, 5.74) is 2.29. The predicted octanol–water partition coefficient (Wildman–Crippen LogP) is 3.38. The third kappa shape index (κ3) is 3.45. The fraction of sp³-hybridized carbons (Fsp3) is 0.647. The van der Waals surface area contributed by atoms with E-state index in [-0.39, 0.29) is 11.2 Å². The number of methoxy groups -OCH3 is 1. The number of aromatic hydroxyl groups is 1. The van der Waals surface area contributed by atoms with Crippen molar-refractivity contribution in [3.63, 3.8) is 0 Å². The van der Waals surface area contributed by atoms with Gasteiger partial charge in [0.25, 0.3) is 0 Å². The highest BCUT2D eigenvalue weighted by Gasteiger charge is 2.21. The van der Waals surface area contributed by atoms with Crippen LogP contribution in [0.4, 0.5) is 0 Å². The van der Waals surface area contributed by atoms with E-state index < -0.39 is 0 Å². The quantitative estimate of drug-likeness (QED) is 0.890. The van der Waals surface area contributed by atoms with Gasteiger partial charge < -0.3 is 15.2 Å². The molecule has 0 aliphatic carbocycles. The minimum absolute atomic E-state index is 0.0263. The van der Waals surface area contributed by atoms with Gasteiger partial charge in [0.1, 0.15) is 0 Å². The number of hydrogen-bond acceptors (Lipinski definition) is 3. The normalized spacial score (nSPS) is 19.9. The van der Waals surface area contributed by atoms with E-state index in [0.29, 0.717) is 11.8 Å². The maximum absolute atomic E-state index is 10.2. The van der Waals surface area contributed by atoms with Gasteiger partial charge in [-0.05, 0) is 48.4 Å². The standard InChI is InChI=1S/C17H27NO2/c1-17(2,3)13-9-12(16(20-4)15(19)11-13)10-14-7-5-6-8-18-14/h9,11,14,18-19H,5-8,10H2,1-4H3. The van der Waals surface area contributed by atoms with Crippen LogP contribution in [0.1, 0.15) is 51.2 Å². The van der Waals surface area contributed by atoms with E-state index in [1.807, 2.05) is 6.07 Å². The molecule has 1 heterocycles.